The summed E-state index contributed by atoms with van der Waals surface area (Å²) >= 11 is 3.42. The standard InChI is InChI=1S/C18H19BrN2O2/c19-16-6-2-1-5-15(16)18(22)21-13-8-10-14(11-9-13)23-17-7-3-4-12-20-17/h1-7,12-14H,8-11H2,(H,21,22). The second kappa shape index (κ2) is 7.59. The number of amides is 1. The fourth-order valence-corrected chi connectivity index (χ4v) is 3.29. The first-order chi connectivity index (χ1) is 11.2. The summed E-state index contributed by atoms with van der Waals surface area (Å²) in [6.45, 7) is 0. The minimum atomic E-state index is -0.0217. The molecule has 1 aromatic carbocycles. The van der Waals surface area contributed by atoms with Crippen LogP contribution >= 0.6 is 15.9 Å². The number of benzene rings is 1. The van der Waals surface area contributed by atoms with Gasteiger partial charge in [-0.25, -0.2) is 4.98 Å². The van der Waals surface area contributed by atoms with Crippen LogP contribution in [0.4, 0.5) is 0 Å². The Morgan fingerprint density at radius 2 is 1.83 bits per heavy atom. The van der Waals surface area contributed by atoms with Crippen molar-refractivity contribution in [2.45, 2.75) is 37.8 Å². The van der Waals surface area contributed by atoms with Gasteiger partial charge < -0.3 is 10.1 Å². The van der Waals surface area contributed by atoms with E-state index in [2.05, 4.69) is 26.2 Å². The first-order valence-electron chi connectivity index (χ1n) is 7.85. The van der Waals surface area contributed by atoms with Crippen molar-refractivity contribution < 1.29 is 9.53 Å². The van der Waals surface area contributed by atoms with E-state index in [1.807, 2.05) is 42.5 Å². The monoisotopic (exact) mass is 374 g/mol. The van der Waals surface area contributed by atoms with Crippen molar-refractivity contribution >= 4 is 21.8 Å². The number of pyridine rings is 1. The highest BCUT2D eigenvalue weighted by Crippen LogP contribution is 2.23. The molecular weight excluding hydrogens is 356 g/mol. The van der Waals surface area contributed by atoms with Crippen molar-refractivity contribution in [3.63, 3.8) is 0 Å². The number of nitrogens with one attached hydrogen (secondary N) is 1. The van der Waals surface area contributed by atoms with Gasteiger partial charge in [0.2, 0.25) is 5.88 Å². The number of hydrogen-bond acceptors (Lipinski definition) is 3. The minimum absolute atomic E-state index is 0.0217. The van der Waals surface area contributed by atoms with E-state index in [-0.39, 0.29) is 18.1 Å². The Bertz CT molecular complexity index is 655. The SMILES string of the molecule is O=C(NC1CCC(Oc2ccccn2)CC1)c1ccccc1Br. The third-order valence-corrected chi connectivity index (χ3v) is 4.74. The molecule has 1 saturated carbocycles. The van der Waals surface area contributed by atoms with Gasteiger partial charge in [-0.3, -0.25) is 4.79 Å². The van der Waals surface area contributed by atoms with E-state index in [0.29, 0.717) is 11.4 Å². The van der Waals surface area contributed by atoms with Crippen molar-refractivity contribution in [2.24, 2.45) is 0 Å². The summed E-state index contributed by atoms with van der Waals surface area (Å²) in [6, 6.07) is 13.4. The van der Waals surface area contributed by atoms with Crippen LogP contribution in [-0.4, -0.2) is 23.0 Å². The number of carbonyl (C=O) groups is 1. The normalized spacial score (nSPS) is 20.7. The van der Waals surface area contributed by atoms with Gasteiger partial charge in [-0.2, -0.15) is 0 Å². The van der Waals surface area contributed by atoms with Crippen LogP contribution in [0.25, 0.3) is 0 Å². The minimum Gasteiger partial charge on any atom is -0.474 e. The molecule has 23 heavy (non-hydrogen) atoms. The summed E-state index contributed by atoms with van der Waals surface area (Å²) in [5.41, 5.74) is 0.680. The zero-order valence-corrected chi connectivity index (χ0v) is 14.3. The Hall–Kier alpha value is -1.88. The van der Waals surface area contributed by atoms with Gasteiger partial charge in [0.25, 0.3) is 5.91 Å². The molecule has 3 rings (SSSR count). The molecule has 2 aromatic rings. The summed E-state index contributed by atoms with van der Waals surface area (Å²) in [7, 11) is 0. The Balaban J connectivity index is 1.49. The molecule has 120 valence electrons. The smallest absolute Gasteiger partial charge is 0.252 e. The average molecular weight is 375 g/mol. The second-order valence-corrected chi connectivity index (χ2v) is 6.57. The topological polar surface area (TPSA) is 51.2 Å². The van der Waals surface area contributed by atoms with Gasteiger partial charge in [0.05, 0.1) is 5.56 Å². The molecular formula is C18H19BrN2O2. The molecule has 0 spiro atoms. The molecule has 1 aliphatic rings. The maximum Gasteiger partial charge on any atom is 0.252 e. The third-order valence-electron chi connectivity index (χ3n) is 4.05. The second-order valence-electron chi connectivity index (χ2n) is 5.71. The van der Waals surface area contributed by atoms with Gasteiger partial charge >= 0.3 is 0 Å². The highest BCUT2D eigenvalue weighted by atomic mass is 79.9. The number of rotatable bonds is 4. The number of hydrogen-bond donors (Lipinski definition) is 1. The molecule has 0 atom stereocenters. The Morgan fingerprint density at radius 3 is 2.52 bits per heavy atom. The third kappa shape index (κ3) is 4.32. The largest absolute Gasteiger partial charge is 0.474 e. The summed E-state index contributed by atoms with van der Waals surface area (Å²) in [4.78, 5) is 16.5. The summed E-state index contributed by atoms with van der Waals surface area (Å²) in [5.74, 6) is 0.653. The number of ether oxygens (including phenoxy) is 1. The van der Waals surface area contributed by atoms with Crippen molar-refractivity contribution in [2.75, 3.05) is 0 Å². The van der Waals surface area contributed by atoms with Crippen LogP contribution in [0.2, 0.25) is 0 Å². The quantitative estimate of drug-likeness (QED) is 0.880. The zero-order valence-electron chi connectivity index (χ0n) is 12.7. The fourth-order valence-electron chi connectivity index (χ4n) is 2.82. The molecule has 0 unspecified atom stereocenters. The molecule has 5 heteroatoms. The maximum absolute atomic E-state index is 12.3. The van der Waals surface area contributed by atoms with Gasteiger partial charge in [0, 0.05) is 22.8 Å². The van der Waals surface area contributed by atoms with E-state index >= 15 is 0 Å². The summed E-state index contributed by atoms with van der Waals surface area (Å²) in [5, 5.41) is 3.12. The first-order valence-corrected chi connectivity index (χ1v) is 8.65. The highest BCUT2D eigenvalue weighted by Gasteiger charge is 2.24. The lowest BCUT2D eigenvalue weighted by Gasteiger charge is -2.29. The molecule has 1 aliphatic carbocycles. The summed E-state index contributed by atoms with van der Waals surface area (Å²) < 4.78 is 6.70. The Kier molecular flexibility index (Phi) is 5.28. The molecule has 1 amide bonds. The average Bonchev–Trinajstić information content (AvgIpc) is 2.58. The lowest BCUT2D eigenvalue weighted by atomic mass is 9.92. The van der Waals surface area contributed by atoms with Crippen LogP contribution in [0.1, 0.15) is 36.0 Å². The van der Waals surface area contributed by atoms with E-state index in [4.69, 9.17) is 4.74 Å². The van der Waals surface area contributed by atoms with Crippen molar-refractivity contribution in [3.8, 4) is 5.88 Å². The lowest BCUT2D eigenvalue weighted by molar-refractivity contribution is 0.0889. The Labute approximate surface area is 144 Å². The summed E-state index contributed by atoms with van der Waals surface area (Å²) in [6.07, 6.45) is 5.62. The highest BCUT2D eigenvalue weighted by molar-refractivity contribution is 9.10. The predicted molar refractivity (Wildman–Crippen MR) is 92.5 cm³/mol. The molecule has 0 radical (unpaired) electrons. The van der Waals surface area contributed by atoms with Gasteiger partial charge in [-0.05, 0) is 59.8 Å². The van der Waals surface area contributed by atoms with Crippen molar-refractivity contribution in [1.29, 1.82) is 0 Å². The van der Waals surface area contributed by atoms with Crippen LogP contribution in [0.15, 0.2) is 53.1 Å². The molecule has 4 nitrogen and oxygen atoms in total. The lowest BCUT2D eigenvalue weighted by Crippen LogP contribution is -2.39. The Morgan fingerprint density at radius 1 is 1.09 bits per heavy atom. The molecule has 1 N–H and O–H groups in total. The molecule has 0 bridgehead atoms. The number of carbonyl (C=O) groups excluding carboxylic acids is 1. The van der Waals surface area contributed by atoms with Crippen LogP contribution in [-0.2, 0) is 0 Å². The van der Waals surface area contributed by atoms with Gasteiger partial charge in [0.15, 0.2) is 0 Å². The van der Waals surface area contributed by atoms with Gasteiger partial charge in [0.1, 0.15) is 6.10 Å². The number of nitrogens with zero attached hydrogens (tertiary/aromatic N) is 1. The van der Waals surface area contributed by atoms with Crippen LogP contribution in [0.3, 0.4) is 0 Å². The number of aromatic nitrogens is 1. The molecule has 1 fully saturated rings. The first kappa shape index (κ1) is 16.0. The van der Waals surface area contributed by atoms with Gasteiger partial charge in [-0.1, -0.05) is 18.2 Å². The predicted octanol–water partition coefficient (Wildman–Crippen LogP) is 3.96. The molecule has 1 heterocycles. The van der Waals surface area contributed by atoms with Crippen LogP contribution in [0.5, 0.6) is 5.88 Å². The molecule has 1 aromatic heterocycles. The fraction of sp³-hybridized carbons (Fsp3) is 0.333. The number of halogens is 1. The van der Waals surface area contributed by atoms with E-state index in [0.717, 1.165) is 30.2 Å². The maximum atomic E-state index is 12.3. The van der Waals surface area contributed by atoms with E-state index in [1.54, 1.807) is 6.20 Å². The van der Waals surface area contributed by atoms with Crippen molar-refractivity contribution in [1.82, 2.24) is 10.3 Å². The van der Waals surface area contributed by atoms with E-state index in [1.165, 1.54) is 0 Å². The van der Waals surface area contributed by atoms with Crippen LogP contribution < -0.4 is 10.1 Å². The van der Waals surface area contributed by atoms with E-state index in [9.17, 15) is 4.79 Å². The van der Waals surface area contributed by atoms with Crippen molar-refractivity contribution in [3.05, 3.63) is 58.7 Å². The van der Waals surface area contributed by atoms with E-state index < -0.39 is 0 Å². The van der Waals surface area contributed by atoms with Gasteiger partial charge in [-0.15, -0.1) is 0 Å². The molecule has 0 saturated heterocycles. The zero-order chi connectivity index (χ0) is 16.1. The molecule has 0 aliphatic heterocycles. The van der Waals surface area contributed by atoms with Crippen LogP contribution in [0, 0.1) is 0 Å².